The van der Waals surface area contributed by atoms with Crippen molar-refractivity contribution in [3.05, 3.63) is 35.5 Å². The third-order valence-electron chi connectivity index (χ3n) is 7.20. The average molecular weight is 352 g/mol. The number of aromatic nitrogens is 1. The SMILES string of the molecule is CCOC(=O)[C@@H]1C[C@]2(CC)CCCN3CCc4c(n1c1ccccc41)[C@@H]32. The number of para-hydroxylation sites is 1. The van der Waals surface area contributed by atoms with Gasteiger partial charge in [-0.3, -0.25) is 4.90 Å². The first-order valence-corrected chi connectivity index (χ1v) is 10.2. The Kier molecular flexibility index (Phi) is 3.68. The summed E-state index contributed by atoms with van der Waals surface area (Å²) in [5.41, 5.74) is 4.32. The summed E-state index contributed by atoms with van der Waals surface area (Å²) in [6.07, 6.45) is 5.60. The highest BCUT2D eigenvalue weighted by Gasteiger charge is 2.54. The number of carbonyl (C=O) groups excluding carboxylic acids is 1. The molecule has 1 saturated heterocycles. The molecule has 1 aromatic heterocycles. The molecule has 4 heteroatoms. The second kappa shape index (κ2) is 5.85. The molecule has 0 saturated carbocycles. The smallest absolute Gasteiger partial charge is 0.329 e. The van der Waals surface area contributed by atoms with E-state index < -0.39 is 0 Å². The van der Waals surface area contributed by atoms with Crippen LogP contribution in [0.5, 0.6) is 0 Å². The first kappa shape index (κ1) is 16.4. The third-order valence-corrected chi connectivity index (χ3v) is 7.20. The number of esters is 1. The topological polar surface area (TPSA) is 34.5 Å². The summed E-state index contributed by atoms with van der Waals surface area (Å²) < 4.78 is 7.90. The van der Waals surface area contributed by atoms with Crippen LogP contribution in [-0.4, -0.2) is 35.1 Å². The lowest BCUT2D eigenvalue weighted by molar-refractivity contribution is -0.151. The van der Waals surface area contributed by atoms with Crippen LogP contribution in [0.15, 0.2) is 24.3 Å². The van der Waals surface area contributed by atoms with Crippen LogP contribution in [0.25, 0.3) is 10.9 Å². The third kappa shape index (κ3) is 2.02. The van der Waals surface area contributed by atoms with Crippen molar-refractivity contribution < 1.29 is 9.53 Å². The Labute approximate surface area is 155 Å². The van der Waals surface area contributed by atoms with Crippen LogP contribution in [0.2, 0.25) is 0 Å². The van der Waals surface area contributed by atoms with Gasteiger partial charge in [-0.15, -0.1) is 0 Å². The summed E-state index contributed by atoms with van der Waals surface area (Å²) in [6, 6.07) is 8.93. The molecule has 4 nitrogen and oxygen atoms in total. The summed E-state index contributed by atoms with van der Waals surface area (Å²) >= 11 is 0. The molecular weight excluding hydrogens is 324 g/mol. The molecule has 0 bridgehead atoms. The van der Waals surface area contributed by atoms with Crippen LogP contribution in [-0.2, 0) is 16.0 Å². The maximum Gasteiger partial charge on any atom is 0.329 e. The van der Waals surface area contributed by atoms with E-state index in [0.717, 1.165) is 25.8 Å². The summed E-state index contributed by atoms with van der Waals surface area (Å²) in [5.74, 6) is -0.0509. The van der Waals surface area contributed by atoms with Gasteiger partial charge in [-0.25, -0.2) is 4.79 Å². The number of nitrogens with zero attached hydrogens (tertiary/aromatic N) is 2. The number of ether oxygens (including phenoxy) is 1. The fourth-order valence-corrected chi connectivity index (χ4v) is 6.13. The number of piperidine rings is 1. The van der Waals surface area contributed by atoms with Gasteiger partial charge in [-0.1, -0.05) is 25.1 Å². The Bertz CT molecular complexity index is 870. The lowest BCUT2D eigenvalue weighted by Crippen LogP contribution is -2.54. The molecule has 0 radical (unpaired) electrons. The largest absolute Gasteiger partial charge is 0.464 e. The van der Waals surface area contributed by atoms with Crippen LogP contribution < -0.4 is 0 Å². The van der Waals surface area contributed by atoms with Crippen molar-refractivity contribution in [2.75, 3.05) is 19.7 Å². The molecule has 2 aromatic rings. The van der Waals surface area contributed by atoms with Crippen molar-refractivity contribution in [3.8, 4) is 0 Å². The van der Waals surface area contributed by atoms with Crippen LogP contribution in [0, 0.1) is 5.41 Å². The van der Waals surface area contributed by atoms with Crippen LogP contribution in [0.4, 0.5) is 0 Å². The molecule has 0 amide bonds. The number of hydrogen-bond acceptors (Lipinski definition) is 3. The minimum atomic E-state index is -0.183. The van der Waals surface area contributed by atoms with Gasteiger partial charge in [0.15, 0.2) is 0 Å². The number of rotatable bonds is 3. The highest BCUT2D eigenvalue weighted by molar-refractivity contribution is 5.89. The molecular formula is C22H28N2O2. The summed E-state index contributed by atoms with van der Waals surface area (Å²) in [5, 5.41) is 1.34. The highest BCUT2D eigenvalue weighted by atomic mass is 16.5. The lowest BCUT2D eigenvalue weighted by atomic mass is 9.63. The molecule has 3 atom stereocenters. The number of fused-ring (bicyclic) bond motifs is 3. The van der Waals surface area contributed by atoms with Gasteiger partial charge in [0.05, 0.1) is 12.6 Å². The minimum Gasteiger partial charge on any atom is -0.464 e. The molecule has 3 aliphatic heterocycles. The molecule has 3 aliphatic rings. The zero-order valence-electron chi connectivity index (χ0n) is 15.8. The van der Waals surface area contributed by atoms with E-state index in [1.807, 2.05) is 6.92 Å². The molecule has 0 aliphatic carbocycles. The first-order valence-electron chi connectivity index (χ1n) is 10.2. The molecule has 1 fully saturated rings. The lowest BCUT2D eigenvalue weighted by Gasteiger charge is -2.56. The van der Waals surface area contributed by atoms with Crippen molar-refractivity contribution >= 4 is 16.9 Å². The van der Waals surface area contributed by atoms with Crippen molar-refractivity contribution in [2.45, 2.75) is 58.0 Å². The standard InChI is InChI=1S/C22H28N2O2/c1-3-22-11-7-12-23-13-10-16-15-8-5-6-9-17(15)24(19(16)20(22)23)18(14-22)21(25)26-4-2/h5-6,8-9,18,20H,3-4,7,10-14H2,1-2H3/t18-,20+,22-/m0/s1. The Balaban J connectivity index is 1.80. The Morgan fingerprint density at radius 1 is 1.27 bits per heavy atom. The van der Waals surface area contributed by atoms with Crippen molar-refractivity contribution in [3.63, 3.8) is 0 Å². The molecule has 5 rings (SSSR count). The summed E-state index contributed by atoms with van der Waals surface area (Å²) in [6.45, 7) is 7.02. The second-order valence-corrected chi connectivity index (χ2v) is 8.23. The van der Waals surface area contributed by atoms with E-state index in [2.05, 4.69) is 40.7 Å². The van der Waals surface area contributed by atoms with Gasteiger partial charge < -0.3 is 9.30 Å². The molecule has 138 valence electrons. The van der Waals surface area contributed by atoms with Gasteiger partial charge in [0.25, 0.3) is 0 Å². The molecule has 26 heavy (non-hydrogen) atoms. The molecule has 0 N–H and O–H groups in total. The van der Waals surface area contributed by atoms with Gasteiger partial charge >= 0.3 is 5.97 Å². The predicted molar refractivity (Wildman–Crippen MR) is 102 cm³/mol. The fraction of sp³-hybridized carbons (Fsp3) is 0.591. The van der Waals surface area contributed by atoms with E-state index in [1.165, 1.54) is 41.5 Å². The van der Waals surface area contributed by atoms with Gasteiger partial charge in [0.1, 0.15) is 6.04 Å². The zero-order valence-corrected chi connectivity index (χ0v) is 15.8. The van der Waals surface area contributed by atoms with E-state index in [0.29, 0.717) is 12.6 Å². The Hall–Kier alpha value is -1.81. The molecule has 0 unspecified atom stereocenters. The number of benzene rings is 1. The van der Waals surface area contributed by atoms with Crippen molar-refractivity contribution in [1.82, 2.24) is 9.47 Å². The van der Waals surface area contributed by atoms with E-state index in [-0.39, 0.29) is 17.4 Å². The monoisotopic (exact) mass is 352 g/mol. The van der Waals surface area contributed by atoms with E-state index in [1.54, 1.807) is 0 Å². The van der Waals surface area contributed by atoms with Gasteiger partial charge in [0.2, 0.25) is 0 Å². The highest BCUT2D eigenvalue weighted by Crippen LogP contribution is 2.59. The fourth-order valence-electron chi connectivity index (χ4n) is 6.13. The second-order valence-electron chi connectivity index (χ2n) is 8.23. The van der Waals surface area contributed by atoms with Crippen LogP contribution in [0.1, 0.15) is 62.9 Å². The summed E-state index contributed by atoms with van der Waals surface area (Å²) in [7, 11) is 0. The van der Waals surface area contributed by atoms with E-state index in [4.69, 9.17) is 4.74 Å². The van der Waals surface area contributed by atoms with Crippen LogP contribution in [0.3, 0.4) is 0 Å². The maximum absolute atomic E-state index is 13.0. The quantitative estimate of drug-likeness (QED) is 0.775. The Morgan fingerprint density at radius 2 is 2.12 bits per heavy atom. The number of hydrogen-bond donors (Lipinski definition) is 0. The Morgan fingerprint density at radius 3 is 2.92 bits per heavy atom. The van der Waals surface area contributed by atoms with Gasteiger partial charge in [0, 0.05) is 23.1 Å². The van der Waals surface area contributed by atoms with Gasteiger partial charge in [-0.05, 0) is 62.6 Å². The summed E-state index contributed by atoms with van der Waals surface area (Å²) in [4.78, 5) is 15.7. The normalized spacial score (nSPS) is 30.2. The molecule has 0 spiro atoms. The van der Waals surface area contributed by atoms with E-state index >= 15 is 0 Å². The average Bonchev–Trinajstić information content (AvgIpc) is 3.02. The van der Waals surface area contributed by atoms with Crippen molar-refractivity contribution in [1.29, 1.82) is 0 Å². The van der Waals surface area contributed by atoms with Gasteiger partial charge in [-0.2, -0.15) is 0 Å². The zero-order chi connectivity index (χ0) is 17.9. The maximum atomic E-state index is 13.0. The minimum absolute atomic E-state index is 0.0509. The van der Waals surface area contributed by atoms with E-state index in [9.17, 15) is 4.79 Å². The number of carbonyl (C=O) groups is 1. The molecule has 4 heterocycles. The predicted octanol–water partition coefficient (Wildman–Crippen LogP) is 4.24. The van der Waals surface area contributed by atoms with Crippen LogP contribution >= 0.6 is 0 Å². The van der Waals surface area contributed by atoms with Crippen molar-refractivity contribution in [2.24, 2.45) is 5.41 Å². The first-order chi connectivity index (χ1) is 12.7. The molecule has 1 aromatic carbocycles.